The van der Waals surface area contributed by atoms with Gasteiger partial charge in [0, 0.05) is 18.8 Å². The Morgan fingerprint density at radius 1 is 1.67 bits per heavy atom. The molecular formula is C8H10N2O2. The van der Waals surface area contributed by atoms with Crippen LogP contribution in [0.5, 0.6) is 5.75 Å². The van der Waals surface area contributed by atoms with Gasteiger partial charge < -0.3 is 14.9 Å². The van der Waals surface area contributed by atoms with Crippen molar-refractivity contribution in [3.8, 4) is 5.75 Å². The van der Waals surface area contributed by atoms with E-state index in [1.54, 1.807) is 10.7 Å². The van der Waals surface area contributed by atoms with Crippen LogP contribution in [-0.2, 0) is 0 Å². The minimum atomic E-state index is 0.163. The lowest BCUT2D eigenvalue weighted by Crippen LogP contribution is -2.11. The van der Waals surface area contributed by atoms with Crippen molar-refractivity contribution in [2.24, 2.45) is 0 Å². The molecule has 2 aromatic heterocycles. The normalized spacial score (nSPS) is 10.8. The Kier molecular flexibility index (Phi) is 1.46. The van der Waals surface area contributed by atoms with Crippen molar-refractivity contribution in [1.29, 1.82) is 0 Å². The number of furan rings is 1. The summed E-state index contributed by atoms with van der Waals surface area (Å²) in [5, 5.41) is 9.35. The zero-order valence-corrected chi connectivity index (χ0v) is 6.74. The van der Waals surface area contributed by atoms with Crippen molar-refractivity contribution >= 4 is 11.1 Å². The highest BCUT2D eigenvalue weighted by Gasteiger charge is 2.08. The maximum Gasteiger partial charge on any atom is 0.180 e. The minimum Gasteiger partial charge on any atom is -0.503 e. The molecule has 2 aromatic rings. The molecule has 0 amide bonds. The predicted octanol–water partition coefficient (Wildman–Crippen LogP) is 1.50. The fourth-order valence-electron chi connectivity index (χ4n) is 1.24. The van der Waals surface area contributed by atoms with Crippen LogP contribution in [-0.4, -0.2) is 16.3 Å². The third-order valence-electron chi connectivity index (χ3n) is 1.72. The van der Waals surface area contributed by atoms with E-state index in [1.807, 2.05) is 13.1 Å². The highest BCUT2D eigenvalue weighted by atomic mass is 16.4. The van der Waals surface area contributed by atoms with Gasteiger partial charge in [0.2, 0.25) is 0 Å². The molecule has 4 heteroatoms. The lowest BCUT2D eigenvalue weighted by molar-refractivity contribution is 0.462. The number of nitrogens with zero attached hydrogens (tertiary/aromatic N) is 1. The quantitative estimate of drug-likeness (QED) is 0.710. The first-order valence-corrected chi connectivity index (χ1v) is 3.84. The van der Waals surface area contributed by atoms with E-state index < -0.39 is 0 Å². The van der Waals surface area contributed by atoms with Gasteiger partial charge in [-0.2, -0.15) is 0 Å². The van der Waals surface area contributed by atoms with E-state index in [-0.39, 0.29) is 5.75 Å². The number of nitrogens with one attached hydrogen (secondary N) is 1. The fourth-order valence-corrected chi connectivity index (χ4v) is 1.24. The molecule has 64 valence electrons. The van der Waals surface area contributed by atoms with Gasteiger partial charge >= 0.3 is 0 Å². The summed E-state index contributed by atoms with van der Waals surface area (Å²) in [5.41, 5.74) is 4.43. The molecule has 0 aromatic carbocycles. The molecule has 0 saturated carbocycles. The lowest BCUT2D eigenvalue weighted by atomic mass is 10.5. The van der Waals surface area contributed by atoms with Crippen molar-refractivity contribution in [3.63, 3.8) is 0 Å². The van der Waals surface area contributed by atoms with Crippen LogP contribution in [0.25, 0.3) is 11.1 Å². The number of hydrogen-bond acceptors (Lipinski definition) is 3. The Balaban J connectivity index is 2.59. The second-order valence-electron chi connectivity index (χ2n) is 2.53. The van der Waals surface area contributed by atoms with Gasteiger partial charge in [-0.1, -0.05) is 0 Å². The largest absolute Gasteiger partial charge is 0.503 e. The molecule has 0 aliphatic heterocycles. The molecule has 0 radical (unpaired) electrons. The summed E-state index contributed by atoms with van der Waals surface area (Å²) in [4.78, 5) is 0. The number of aromatic hydroxyl groups is 1. The molecule has 0 atom stereocenters. The van der Waals surface area contributed by atoms with Crippen molar-refractivity contribution in [2.45, 2.75) is 6.92 Å². The van der Waals surface area contributed by atoms with E-state index in [0.29, 0.717) is 11.1 Å². The Labute approximate surface area is 69.4 Å². The summed E-state index contributed by atoms with van der Waals surface area (Å²) in [7, 11) is 0. The Bertz CT molecular complexity index is 389. The Hall–Kier alpha value is -1.58. The van der Waals surface area contributed by atoms with Crippen LogP contribution in [0, 0.1) is 0 Å². The number of aromatic nitrogens is 1. The van der Waals surface area contributed by atoms with E-state index in [1.165, 1.54) is 6.26 Å². The Morgan fingerprint density at radius 2 is 2.50 bits per heavy atom. The number of fused-ring (bicyclic) bond motifs is 1. The SMILES string of the molecule is CCNn1ccc2occ(O)c21. The summed E-state index contributed by atoms with van der Waals surface area (Å²) in [5.74, 6) is 0.163. The molecule has 4 nitrogen and oxygen atoms in total. The molecule has 0 unspecified atom stereocenters. The Morgan fingerprint density at radius 3 is 3.25 bits per heavy atom. The average Bonchev–Trinajstić information content (AvgIpc) is 2.58. The van der Waals surface area contributed by atoms with Crippen LogP contribution < -0.4 is 5.43 Å². The van der Waals surface area contributed by atoms with Gasteiger partial charge in [-0.15, -0.1) is 0 Å². The van der Waals surface area contributed by atoms with Gasteiger partial charge in [-0.25, -0.2) is 0 Å². The molecule has 0 fully saturated rings. The van der Waals surface area contributed by atoms with Crippen molar-refractivity contribution in [3.05, 3.63) is 18.5 Å². The van der Waals surface area contributed by atoms with Crippen molar-refractivity contribution < 1.29 is 9.52 Å². The van der Waals surface area contributed by atoms with Crippen LogP contribution in [0.4, 0.5) is 0 Å². The van der Waals surface area contributed by atoms with Crippen LogP contribution in [0.15, 0.2) is 22.9 Å². The molecule has 2 heterocycles. The topological polar surface area (TPSA) is 50.3 Å². The molecule has 0 bridgehead atoms. The maximum atomic E-state index is 9.35. The molecule has 12 heavy (non-hydrogen) atoms. The second kappa shape index (κ2) is 2.48. The molecular weight excluding hydrogens is 156 g/mol. The zero-order chi connectivity index (χ0) is 8.55. The second-order valence-corrected chi connectivity index (χ2v) is 2.53. The van der Waals surface area contributed by atoms with Gasteiger partial charge in [0.05, 0.1) is 0 Å². The third kappa shape index (κ3) is 0.845. The summed E-state index contributed by atoms with van der Waals surface area (Å²) in [6, 6.07) is 1.80. The summed E-state index contributed by atoms with van der Waals surface area (Å²) in [6.07, 6.45) is 3.15. The van der Waals surface area contributed by atoms with Crippen LogP contribution in [0.1, 0.15) is 6.92 Å². The van der Waals surface area contributed by atoms with Crippen LogP contribution in [0.3, 0.4) is 0 Å². The van der Waals surface area contributed by atoms with Crippen molar-refractivity contribution in [1.82, 2.24) is 4.68 Å². The van der Waals surface area contributed by atoms with Gasteiger partial charge in [0.15, 0.2) is 11.3 Å². The third-order valence-corrected chi connectivity index (χ3v) is 1.72. The highest BCUT2D eigenvalue weighted by Crippen LogP contribution is 2.26. The van der Waals surface area contributed by atoms with Crippen LogP contribution in [0.2, 0.25) is 0 Å². The van der Waals surface area contributed by atoms with Gasteiger partial charge in [0.1, 0.15) is 11.8 Å². The fraction of sp³-hybridized carbons (Fsp3) is 0.250. The van der Waals surface area contributed by atoms with Crippen molar-refractivity contribution in [2.75, 3.05) is 12.0 Å². The highest BCUT2D eigenvalue weighted by molar-refractivity contribution is 5.80. The van der Waals surface area contributed by atoms with Gasteiger partial charge in [-0.05, 0) is 6.92 Å². The molecule has 2 N–H and O–H groups in total. The molecule has 2 rings (SSSR count). The minimum absolute atomic E-state index is 0.163. The summed E-state index contributed by atoms with van der Waals surface area (Å²) < 4.78 is 6.81. The zero-order valence-electron chi connectivity index (χ0n) is 6.74. The predicted molar refractivity (Wildman–Crippen MR) is 45.8 cm³/mol. The first-order valence-electron chi connectivity index (χ1n) is 3.84. The van der Waals surface area contributed by atoms with E-state index in [0.717, 1.165) is 6.54 Å². The van der Waals surface area contributed by atoms with E-state index in [4.69, 9.17) is 4.42 Å². The van der Waals surface area contributed by atoms with E-state index in [9.17, 15) is 5.11 Å². The molecule has 0 spiro atoms. The first kappa shape index (κ1) is 7.09. The molecule has 0 aliphatic rings. The van der Waals surface area contributed by atoms with Gasteiger partial charge in [0.25, 0.3) is 0 Å². The van der Waals surface area contributed by atoms with E-state index in [2.05, 4.69) is 5.43 Å². The van der Waals surface area contributed by atoms with Gasteiger partial charge in [-0.3, -0.25) is 4.68 Å². The smallest absolute Gasteiger partial charge is 0.180 e. The average molecular weight is 166 g/mol. The summed E-state index contributed by atoms with van der Waals surface area (Å²) >= 11 is 0. The molecule has 0 saturated heterocycles. The monoisotopic (exact) mass is 166 g/mol. The first-order chi connectivity index (χ1) is 5.83. The molecule has 0 aliphatic carbocycles. The lowest BCUT2D eigenvalue weighted by Gasteiger charge is -2.03. The standard InChI is InChI=1S/C8H10N2O2/c1-2-9-10-4-3-7-8(10)6(11)5-12-7/h3-5,9,11H,2H2,1H3. The number of rotatable bonds is 2. The summed E-state index contributed by atoms with van der Waals surface area (Å²) in [6.45, 7) is 2.79. The van der Waals surface area contributed by atoms with E-state index >= 15 is 0 Å². The number of hydrogen-bond donors (Lipinski definition) is 2. The van der Waals surface area contributed by atoms with Crippen LogP contribution >= 0.6 is 0 Å². The maximum absolute atomic E-state index is 9.35.